The number of aliphatic hydroxyl groups excluding tert-OH is 1. The van der Waals surface area contributed by atoms with E-state index in [1.54, 1.807) is 0 Å². The van der Waals surface area contributed by atoms with Crippen LogP contribution in [0.15, 0.2) is 18.2 Å². The highest BCUT2D eigenvalue weighted by Crippen LogP contribution is 2.27. The molecule has 16 heavy (non-hydrogen) atoms. The number of nitrogen functional groups attached to an aromatic ring is 1. The number of anilines is 2. The highest BCUT2D eigenvalue weighted by molar-refractivity contribution is 5.66. The molecule has 0 amide bonds. The summed E-state index contributed by atoms with van der Waals surface area (Å²) in [6.45, 7) is 2.97. The Kier molecular flexibility index (Phi) is 3.34. The zero-order valence-electron chi connectivity index (χ0n) is 9.74. The van der Waals surface area contributed by atoms with Crippen LogP contribution >= 0.6 is 0 Å². The number of aryl methyl sites for hydroxylation is 1. The first-order valence-corrected chi connectivity index (χ1v) is 5.93. The largest absolute Gasteiger partial charge is 0.397 e. The number of aliphatic hydroxyl groups is 1. The fourth-order valence-corrected chi connectivity index (χ4v) is 2.31. The lowest BCUT2D eigenvalue weighted by molar-refractivity contribution is 0.178. The van der Waals surface area contributed by atoms with Crippen molar-refractivity contribution in [3.05, 3.63) is 23.8 Å². The maximum absolute atomic E-state index is 9.44. The SMILES string of the molecule is Cc1ccc(N)c(NCC2CCC(O)C2)c1. The van der Waals surface area contributed by atoms with Crippen molar-refractivity contribution in [1.82, 2.24) is 0 Å². The summed E-state index contributed by atoms with van der Waals surface area (Å²) in [5, 5.41) is 12.8. The Balaban J connectivity index is 1.91. The zero-order valence-corrected chi connectivity index (χ0v) is 9.74. The summed E-state index contributed by atoms with van der Waals surface area (Å²) >= 11 is 0. The van der Waals surface area contributed by atoms with Gasteiger partial charge in [-0.25, -0.2) is 0 Å². The summed E-state index contributed by atoms with van der Waals surface area (Å²) < 4.78 is 0. The molecule has 1 aromatic rings. The number of nitrogens with two attached hydrogens (primary N) is 1. The van der Waals surface area contributed by atoms with E-state index in [4.69, 9.17) is 5.73 Å². The summed E-state index contributed by atoms with van der Waals surface area (Å²) in [4.78, 5) is 0. The second-order valence-electron chi connectivity index (χ2n) is 4.80. The first-order valence-electron chi connectivity index (χ1n) is 5.93. The van der Waals surface area contributed by atoms with E-state index in [2.05, 4.69) is 18.3 Å². The third-order valence-electron chi connectivity index (χ3n) is 3.30. The van der Waals surface area contributed by atoms with Crippen LogP contribution in [0.5, 0.6) is 0 Å². The fourth-order valence-electron chi connectivity index (χ4n) is 2.31. The van der Waals surface area contributed by atoms with Gasteiger partial charge in [0.1, 0.15) is 0 Å². The molecule has 0 spiro atoms. The van der Waals surface area contributed by atoms with Crippen LogP contribution in [0, 0.1) is 12.8 Å². The minimum absolute atomic E-state index is 0.0957. The molecule has 3 nitrogen and oxygen atoms in total. The summed E-state index contributed by atoms with van der Waals surface area (Å²) in [6, 6.07) is 6.02. The highest BCUT2D eigenvalue weighted by Gasteiger charge is 2.22. The Bertz CT molecular complexity index is 365. The molecule has 2 atom stereocenters. The second-order valence-corrected chi connectivity index (χ2v) is 4.80. The molecule has 0 radical (unpaired) electrons. The smallest absolute Gasteiger partial charge is 0.0576 e. The number of benzene rings is 1. The molecular weight excluding hydrogens is 200 g/mol. The summed E-state index contributed by atoms with van der Waals surface area (Å²) in [6.07, 6.45) is 2.87. The molecule has 0 aromatic heterocycles. The van der Waals surface area contributed by atoms with Gasteiger partial charge in [0.05, 0.1) is 17.5 Å². The topological polar surface area (TPSA) is 58.3 Å². The van der Waals surface area contributed by atoms with Gasteiger partial charge in [-0.05, 0) is 49.8 Å². The maximum Gasteiger partial charge on any atom is 0.0576 e. The van der Waals surface area contributed by atoms with Crippen LogP contribution in [0.2, 0.25) is 0 Å². The number of hydrogen-bond donors (Lipinski definition) is 3. The molecule has 2 unspecified atom stereocenters. The van der Waals surface area contributed by atoms with Crippen LogP contribution < -0.4 is 11.1 Å². The third kappa shape index (κ3) is 2.67. The van der Waals surface area contributed by atoms with E-state index in [-0.39, 0.29) is 6.10 Å². The molecule has 88 valence electrons. The normalized spacial score (nSPS) is 24.6. The van der Waals surface area contributed by atoms with Gasteiger partial charge in [-0.1, -0.05) is 6.07 Å². The van der Waals surface area contributed by atoms with Crippen molar-refractivity contribution in [3.63, 3.8) is 0 Å². The molecule has 1 fully saturated rings. The summed E-state index contributed by atoms with van der Waals surface area (Å²) in [5.41, 5.74) is 8.91. The lowest BCUT2D eigenvalue weighted by atomic mass is 10.1. The van der Waals surface area contributed by atoms with Crippen molar-refractivity contribution >= 4 is 11.4 Å². The molecule has 4 N–H and O–H groups in total. The number of hydrogen-bond acceptors (Lipinski definition) is 3. The van der Waals surface area contributed by atoms with E-state index >= 15 is 0 Å². The zero-order chi connectivity index (χ0) is 11.5. The molecule has 1 aliphatic carbocycles. The summed E-state index contributed by atoms with van der Waals surface area (Å²) in [5.74, 6) is 0.579. The van der Waals surface area contributed by atoms with Crippen LogP contribution in [-0.4, -0.2) is 17.8 Å². The third-order valence-corrected chi connectivity index (χ3v) is 3.30. The average molecular weight is 220 g/mol. The Morgan fingerprint density at radius 3 is 2.94 bits per heavy atom. The number of nitrogens with one attached hydrogen (secondary N) is 1. The van der Waals surface area contributed by atoms with Gasteiger partial charge in [0.15, 0.2) is 0 Å². The van der Waals surface area contributed by atoms with Crippen molar-refractivity contribution in [3.8, 4) is 0 Å². The fraction of sp³-hybridized carbons (Fsp3) is 0.538. The van der Waals surface area contributed by atoms with Gasteiger partial charge in [-0.15, -0.1) is 0 Å². The Labute approximate surface area is 96.7 Å². The Morgan fingerprint density at radius 1 is 1.44 bits per heavy atom. The van der Waals surface area contributed by atoms with Gasteiger partial charge in [0.2, 0.25) is 0 Å². The predicted octanol–water partition coefficient (Wildman–Crippen LogP) is 2.15. The quantitative estimate of drug-likeness (QED) is 0.684. The van der Waals surface area contributed by atoms with E-state index in [0.29, 0.717) is 5.92 Å². The van der Waals surface area contributed by atoms with Crippen LogP contribution in [0.25, 0.3) is 0 Å². The van der Waals surface area contributed by atoms with Crippen molar-refractivity contribution in [2.45, 2.75) is 32.3 Å². The van der Waals surface area contributed by atoms with E-state index in [1.165, 1.54) is 5.56 Å². The van der Waals surface area contributed by atoms with Gasteiger partial charge < -0.3 is 16.2 Å². The molecule has 0 aliphatic heterocycles. The molecule has 0 bridgehead atoms. The van der Waals surface area contributed by atoms with E-state index in [9.17, 15) is 5.11 Å². The average Bonchev–Trinajstić information content (AvgIpc) is 2.66. The van der Waals surface area contributed by atoms with Gasteiger partial charge in [0, 0.05) is 6.54 Å². The first kappa shape index (κ1) is 11.3. The predicted molar refractivity (Wildman–Crippen MR) is 67.4 cm³/mol. The van der Waals surface area contributed by atoms with Crippen molar-refractivity contribution < 1.29 is 5.11 Å². The standard InChI is InChI=1S/C13H20N2O/c1-9-2-5-12(14)13(6-9)15-8-10-3-4-11(16)7-10/h2,5-6,10-11,15-16H,3-4,7-8,14H2,1H3. The van der Waals surface area contributed by atoms with Crippen LogP contribution in [0.3, 0.4) is 0 Å². The summed E-state index contributed by atoms with van der Waals surface area (Å²) in [7, 11) is 0. The molecule has 1 saturated carbocycles. The van der Waals surface area contributed by atoms with Crippen molar-refractivity contribution in [2.24, 2.45) is 5.92 Å². The highest BCUT2D eigenvalue weighted by atomic mass is 16.3. The van der Waals surface area contributed by atoms with E-state index < -0.39 is 0 Å². The molecule has 0 saturated heterocycles. The van der Waals surface area contributed by atoms with Gasteiger partial charge in [-0.3, -0.25) is 0 Å². The monoisotopic (exact) mass is 220 g/mol. The first-order chi connectivity index (χ1) is 7.65. The van der Waals surface area contributed by atoms with Gasteiger partial charge >= 0.3 is 0 Å². The lowest BCUT2D eigenvalue weighted by Crippen LogP contribution is -2.13. The molecule has 2 rings (SSSR count). The maximum atomic E-state index is 9.44. The van der Waals surface area contributed by atoms with Crippen LogP contribution in [0.1, 0.15) is 24.8 Å². The van der Waals surface area contributed by atoms with Crippen LogP contribution in [0.4, 0.5) is 11.4 Å². The van der Waals surface area contributed by atoms with Gasteiger partial charge in [-0.2, -0.15) is 0 Å². The molecule has 1 aliphatic rings. The molecular formula is C13H20N2O. The van der Waals surface area contributed by atoms with E-state index in [0.717, 1.165) is 37.2 Å². The second kappa shape index (κ2) is 4.74. The number of rotatable bonds is 3. The van der Waals surface area contributed by atoms with Crippen molar-refractivity contribution in [2.75, 3.05) is 17.6 Å². The minimum Gasteiger partial charge on any atom is -0.397 e. The molecule has 1 aromatic carbocycles. The lowest BCUT2D eigenvalue weighted by Gasteiger charge is -2.14. The Hall–Kier alpha value is -1.22. The molecule has 3 heteroatoms. The van der Waals surface area contributed by atoms with E-state index in [1.807, 2.05) is 12.1 Å². The van der Waals surface area contributed by atoms with Crippen LogP contribution in [-0.2, 0) is 0 Å². The van der Waals surface area contributed by atoms with Gasteiger partial charge in [0.25, 0.3) is 0 Å². The minimum atomic E-state index is -0.0957. The molecule has 0 heterocycles. The Morgan fingerprint density at radius 2 is 2.25 bits per heavy atom. The van der Waals surface area contributed by atoms with Crippen molar-refractivity contribution in [1.29, 1.82) is 0 Å².